The van der Waals surface area contributed by atoms with Crippen LogP contribution in [0.3, 0.4) is 0 Å². The van der Waals surface area contributed by atoms with E-state index in [9.17, 15) is 9.18 Å². The van der Waals surface area contributed by atoms with Gasteiger partial charge in [0.1, 0.15) is 11.5 Å². The Kier molecular flexibility index (Phi) is 5.72. The molecule has 1 aromatic carbocycles. The first-order valence-electron chi connectivity index (χ1n) is 10.4. The lowest BCUT2D eigenvalue weighted by Gasteiger charge is -2.36. The van der Waals surface area contributed by atoms with E-state index in [2.05, 4.69) is 27.1 Å². The van der Waals surface area contributed by atoms with E-state index >= 15 is 0 Å². The number of halogens is 1. The average molecular weight is 410 g/mol. The number of carbonyl (C=O) groups excluding carboxylic acids is 1. The van der Waals surface area contributed by atoms with Crippen molar-refractivity contribution in [2.45, 2.75) is 26.3 Å². The summed E-state index contributed by atoms with van der Waals surface area (Å²) >= 11 is 0. The van der Waals surface area contributed by atoms with Crippen molar-refractivity contribution in [2.75, 3.05) is 38.1 Å². The number of carbonyl (C=O) groups is 1. The molecule has 0 aliphatic carbocycles. The first kappa shape index (κ1) is 20.3. The fourth-order valence-corrected chi connectivity index (χ4v) is 4.03. The zero-order valence-electron chi connectivity index (χ0n) is 17.7. The summed E-state index contributed by atoms with van der Waals surface area (Å²) in [5.41, 5.74) is 4.43. The van der Waals surface area contributed by atoms with Crippen molar-refractivity contribution in [3.05, 3.63) is 65.4 Å². The van der Waals surface area contributed by atoms with Gasteiger partial charge in [-0.2, -0.15) is 0 Å². The van der Waals surface area contributed by atoms with E-state index in [1.165, 1.54) is 12.1 Å². The number of likely N-dealkylation sites (N-methyl/N-ethyl adjacent to an activating group) is 1. The Bertz CT molecular complexity index is 1050. The second-order valence-electron chi connectivity index (χ2n) is 8.11. The molecule has 1 aliphatic rings. The molecule has 4 rings (SSSR count). The van der Waals surface area contributed by atoms with Crippen LogP contribution >= 0.6 is 0 Å². The van der Waals surface area contributed by atoms with Crippen LogP contribution in [-0.2, 0) is 11.2 Å². The van der Waals surface area contributed by atoms with Gasteiger partial charge in [0.2, 0.25) is 5.91 Å². The predicted molar refractivity (Wildman–Crippen MR) is 116 cm³/mol. The molecule has 1 fully saturated rings. The van der Waals surface area contributed by atoms with Crippen LogP contribution in [0.5, 0.6) is 0 Å². The summed E-state index contributed by atoms with van der Waals surface area (Å²) in [6, 6.07) is 8.50. The van der Waals surface area contributed by atoms with Crippen LogP contribution in [-0.4, -0.2) is 53.4 Å². The van der Waals surface area contributed by atoms with E-state index in [1.54, 1.807) is 0 Å². The van der Waals surface area contributed by atoms with Crippen LogP contribution < -0.4 is 10.2 Å². The fourth-order valence-electron chi connectivity index (χ4n) is 4.03. The second kappa shape index (κ2) is 8.44. The number of fused-ring (bicyclic) bond motifs is 1. The standard InChI is InChI=1S/C23H28FN5O/c1-16-5-4-8-29-15-19(26-23(16)29)14-22(30)25-17(2)20-13-18(24)6-7-21(20)28-11-9-27(3)10-12-28/h4-8,13,15,17H,9-12,14H2,1-3H3,(H,25,30). The summed E-state index contributed by atoms with van der Waals surface area (Å²) in [6.45, 7) is 7.60. The third-order valence-electron chi connectivity index (χ3n) is 5.75. The molecule has 1 aliphatic heterocycles. The van der Waals surface area contributed by atoms with Gasteiger partial charge in [-0.15, -0.1) is 0 Å². The van der Waals surface area contributed by atoms with Crippen LogP contribution in [0.4, 0.5) is 10.1 Å². The number of nitrogens with zero attached hydrogens (tertiary/aromatic N) is 4. The maximum Gasteiger partial charge on any atom is 0.226 e. The number of anilines is 1. The van der Waals surface area contributed by atoms with Gasteiger partial charge >= 0.3 is 0 Å². The Morgan fingerprint density at radius 2 is 2.00 bits per heavy atom. The summed E-state index contributed by atoms with van der Waals surface area (Å²) in [6.07, 6.45) is 3.99. The maximum atomic E-state index is 14.0. The molecule has 7 heteroatoms. The molecule has 30 heavy (non-hydrogen) atoms. The molecule has 1 saturated heterocycles. The number of pyridine rings is 1. The highest BCUT2D eigenvalue weighted by Gasteiger charge is 2.21. The number of amides is 1. The van der Waals surface area contributed by atoms with E-state index in [0.29, 0.717) is 5.69 Å². The molecule has 6 nitrogen and oxygen atoms in total. The average Bonchev–Trinajstić information content (AvgIpc) is 3.12. The lowest BCUT2D eigenvalue weighted by Crippen LogP contribution is -2.45. The Morgan fingerprint density at radius 1 is 1.23 bits per heavy atom. The van der Waals surface area contributed by atoms with Crippen LogP contribution in [0.1, 0.15) is 29.8 Å². The number of rotatable bonds is 5. The number of hydrogen-bond donors (Lipinski definition) is 1. The van der Waals surface area contributed by atoms with E-state index < -0.39 is 0 Å². The van der Waals surface area contributed by atoms with Gasteiger partial charge in [0, 0.05) is 49.8 Å². The van der Waals surface area contributed by atoms with Crippen molar-refractivity contribution in [1.29, 1.82) is 0 Å². The number of hydrogen-bond acceptors (Lipinski definition) is 4. The number of benzene rings is 1. The highest BCUT2D eigenvalue weighted by molar-refractivity contribution is 5.79. The number of aryl methyl sites for hydroxylation is 1. The Morgan fingerprint density at radius 3 is 2.73 bits per heavy atom. The van der Waals surface area contributed by atoms with Crippen molar-refractivity contribution < 1.29 is 9.18 Å². The molecule has 3 heterocycles. The molecule has 158 valence electrons. The van der Waals surface area contributed by atoms with Crippen molar-refractivity contribution >= 4 is 17.2 Å². The minimum Gasteiger partial charge on any atom is -0.369 e. The Labute approximate surface area is 176 Å². The minimum absolute atomic E-state index is 0.128. The molecule has 1 unspecified atom stereocenters. The molecular formula is C23H28FN5O. The third-order valence-corrected chi connectivity index (χ3v) is 5.75. The van der Waals surface area contributed by atoms with Gasteiger partial charge in [-0.25, -0.2) is 9.37 Å². The fraction of sp³-hybridized carbons (Fsp3) is 0.391. The van der Waals surface area contributed by atoms with E-state index in [-0.39, 0.29) is 24.2 Å². The van der Waals surface area contributed by atoms with Gasteiger partial charge in [-0.1, -0.05) is 6.07 Å². The summed E-state index contributed by atoms with van der Waals surface area (Å²) in [5, 5.41) is 3.03. The number of piperazine rings is 1. The predicted octanol–water partition coefficient (Wildman–Crippen LogP) is 2.95. The summed E-state index contributed by atoms with van der Waals surface area (Å²) in [7, 11) is 2.10. The Hall–Kier alpha value is -2.93. The molecule has 3 aromatic rings. The maximum absolute atomic E-state index is 14.0. The quantitative estimate of drug-likeness (QED) is 0.704. The van der Waals surface area contributed by atoms with Crippen molar-refractivity contribution in [1.82, 2.24) is 19.6 Å². The largest absolute Gasteiger partial charge is 0.369 e. The molecule has 1 atom stereocenters. The van der Waals surface area contributed by atoms with Crippen LogP contribution in [0, 0.1) is 12.7 Å². The van der Waals surface area contributed by atoms with E-state index in [4.69, 9.17) is 0 Å². The lowest BCUT2D eigenvalue weighted by molar-refractivity contribution is -0.121. The first-order valence-corrected chi connectivity index (χ1v) is 10.4. The molecule has 0 radical (unpaired) electrons. The van der Waals surface area contributed by atoms with Gasteiger partial charge in [-0.3, -0.25) is 4.79 Å². The highest BCUT2D eigenvalue weighted by atomic mass is 19.1. The topological polar surface area (TPSA) is 52.9 Å². The number of aromatic nitrogens is 2. The minimum atomic E-state index is -0.304. The van der Waals surface area contributed by atoms with Gasteiger partial charge in [0.05, 0.1) is 18.2 Å². The Balaban J connectivity index is 1.48. The normalized spacial score (nSPS) is 16.1. The van der Waals surface area contributed by atoms with Crippen LogP contribution in [0.15, 0.2) is 42.7 Å². The van der Waals surface area contributed by atoms with Crippen molar-refractivity contribution in [3.8, 4) is 0 Å². The van der Waals surface area contributed by atoms with E-state index in [1.807, 2.05) is 48.8 Å². The lowest BCUT2D eigenvalue weighted by atomic mass is 10.0. The molecule has 1 amide bonds. The van der Waals surface area contributed by atoms with Gasteiger partial charge < -0.3 is 19.5 Å². The monoisotopic (exact) mass is 409 g/mol. The number of imidazole rings is 1. The second-order valence-corrected chi connectivity index (χ2v) is 8.11. The zero-order chi connectivity index (χ0) is 21.3. The summed E-state index contributed by atoms with van der Waals surface area (Å²) in [4.78, 5) is 21.8. The summed E-state index contributed by atoms with van der Waals surface area (Å²) < 4.78 is 16.0. The molecule has 0 saturated carbocycles. The first-order chi connectivity index (χ1) is 14.4. The van der Waals surface area contributed by atoms with Crippen LogP contribution in [0.25, 0.3) is 5.65 Å². The molecule has 0 bridgehead atoms. The van der Waals surface area contributed by atoms with Crippen LogP contribution in [0.2, 0.25) is 0 Å². The van der Waals surface area contributed by atoms with Gasteiger partial charge in [0.15, 0.2) is 0 Å². The molecular weight excluding hydrogens is 381 g/mol. The highest BCUT2D eigenvalue weighted by Crippen LogP contribution is 2.28. The zero-order valence-corrected chi connectivity index (χ0v) is 17.7. The smallest absolute Gasteiger partial charge is 0.226 e. The van der Waals surface area contributed by atoms with Gasteiger partial charge in [-0.05, 0) is 50.7 Å². The molecule has 0 spiro atoms. The third kappa shape index (κ3) is 4.31. The van der Waals surface area contributed by atoms with Crippen molar-refractivity contribution in [3.63, 3.8) is 0 Å². The summed E-state index contributed by atoms with van der Waals surface area (Å²) in [5.74, 6) is -0.419. The molecule has 2 aromatic heterocycles. The van der Waals surface area contributed by atoms with Gasteiger partial charge in [0.25, 0.3) is 0 Å². The SMILES string of the molecule is Cc1cccn2cc(CC(=O)NC(C)c3cc(F)ccc3N3CCN(C)CC3)nc12. The van der Waals surface area contributed by atoms with E-state index in [0.717, 1.165) is 48.6 Å². The molecule has 1 N–H and O–H groups in total. The van der Waals surface area contributed by atoms with Crippen molar-refractivity contribution in [2.24, 2.45) is 0 Å². The number of nitrogens with one attached hydrogen (secondary N) is 1.